The molecule has 1 aliphatic heterocycles. The number of ketones is 1. The number of aryl methyl sites for hydroxylation is 1. The molecular formula is C17H24O2. The minimum absolute atomic E-state index is 0.0415. The SMILES string of the molecule is CCCc1cc2c(cc1C(C)=O)OC(C)(C)C2(C)C. The quantitative estimate of drug-likeness (QED) is 0.758. The Labute approximate surface area is 116 Å². The van der Waals surface area contributed by atoms with Crippen LogP contribution in [0.15, 0.2) is 12.1 Å². The lowest BCUT2D eigenvalue weighted by atomic mass is 9.73. The fourth-order valence-corrected chi connectivity index (χ4v) is 2.73. The number of fused-ring (bicyclic) bond motifs is 1. The summed E-state index contributed by atoms with van der Waals surface area (Å²) in [5.74, 6) is 0.998. The normalized spacial score (nSPS) is 18.8. The maximum atomic E-state index is 11.8. The zero-order valence-corrected chi connectivity index (χ0v) is 12.9. The molecule has 104 valence electrons. The molecule has 0 saturated heterocycles. The van der Waals surface area contributed by atoms with Gasteiger partial charge in [0, 0.05) is 16.5 Å². The van der Waals surface area contributed by atoms with Crippen molar-refractivity contribution in [2.45, 2.75) is 65.4 Å². The van der Waals surface area contributed by atoms with Gasteiger partial charge in [0.15, 0.2) is 5.78 Å². The lowest BCUT2D eigenvalue weighted by molar-refractivity contribution is 0.0711. The van der Waals surface area contributed by atoms with E-state index in [0.717, 1.165) is 29.7 Å². The summed E-state index contributed by atoms with van der Waals surface area (Å²) in [7, 11) is 0. The van der Waals surface area contributed by atoms with E-state index in [4.69, 9.17) is 4.74 Å². The molecule has 0 amide bonds. The first kappa shape index (κ1) is 14.1. The summed E-state index contributed by atoms with van der Waals surface area (Å²) < 4.78 is 6.08. The molecule has 0 saturated carbocycles. The minimum Gasteiger partial charge on any atom is -0.487 e. The van der Waals surface area contributed by atoms with Gasteiger partial charge in [0.25, 0.3) is 0 Å². The van der Waals surface area contributed by atoms with Gasteiger partial charge in [-0.15, -0.1) is 0 Å². The van der Waals surface area contributed by atoms with Gasteiger partial charge < -0.3 is 4.74 Å². The molecule has 2 rings (SSSR count). The third kappa shape index (κ3) is 2.07. The molecule has 1 aromatic carbocycles. The van der Waals surface area contributed by atoms with Crippen LogP contribution in [-0.2, 0) is 11.8 Å². The van der Waals surface area contributed by atoms with Crippen LogP contribution in [0.5, 0.6) is 5.75 Å². The van der Waals surface area contributed by atoms with Crippen LogP contribution in [0.3, 0.4) is 0 Å². The third-order valence-electron chi connectivity index (χ3n) is 4.65. The Kier molecular flexibility index (Phi) is 3.24. The van der Waals surface area contributed by atoms with Gasteiger partial charge >= 0.3 is 0 Å². The minimum atomic E-state index is -0.242. The van der Waals surface area contributed by atoms with E-state index in [1.807, 2.05) is 6.07 Å². The molecule has 2 heteroatoms. The smallest absolute Gasteiger partial charge is 0.160 e. The average molecular weight is 260 g/mol. The molecule has 2 nitrogen and oxygen atoms in total. The average Bonchev–Trinajstić information content (AvgIpc) is 2.46. The third-order valence-corrected chi connectivity index (χ3v) is 4.65. The van der Waals surface area contributed by atoms with Crippen LogP contribution in [0.2, 0.25) is 0 Å². The summed E-state index contributed by atoms with van der Waals surface area (Å²) in [4.78, 5) is 11.8. The van der Waals surface area contributed by atoms with E-state index in [-0.39, 0.29) is 16.8 Å². The van der Waals surface area contributed by atoms with Gasteiger partial charge in [-0.25, -0.2) is 0 Å². The Balaban J connectivity index is 2.62. The molecule has 0 aliphatic carbocycles. The number of hydrogen-bond donors (Lipinski definition) is 0. The molecule has 0 N–H and O–H groups in total. The summed E-state index contributed by atoms with van der Waals surface area (Å²) >= 11 is 0. The second kappa shape index (κ2) is 4.36. The van der Waals surface area contributed by atoms with Crippen LogP contribution in [0, 0.1) is 0 Å². The number of carbonyl (C=O) groups excluding carboxylic acids is 1. The highest BCUT2D eigenvalue weighted by atomic mass is 16.5. The van der Waals surface area contributed by atoms with E-state index in [1.165, 1.54) is 5.56 Å². The highest BCUT2D eigenvalue weighted by Gasteiger charge is 2.48. The van der Waals surface area contributed by atoms with Crippen molar-refractivity contribution in [2.75, 3.05) is 0 Å². The highest BCUT2D eigenvalue weighted by molar-refractivity contribution is 5.96. The monoisotopic (exact) mass is 260 g/mol. The lowest BCUT2D eigenvalue weighted by Gasteiger charge is -2.33. The van der Waals surface area contributed by atoms with E-state index < -0.39 is 0 Å². The van der Waals surface area contributed by atoms with Gasteiger partial charge in [0.05, 0.1) is 0 Å². The van der Waals surface area contributed by atoms with Crippen LogP contribution < -0.4 is 4.74 Å². The molecule has 1 aromatic rings. The maximum absolute atomic E-state index is 11.8. The largest absolute Gasteiger partial charge is 0.487 e. The number of hydrogen-bond acceptors (Lipinski definition) is 2. The van der Waals surface area contributed by atoms with Crippen LogP contribution in [0.25, 0.3) is 0 Å². The van der Waals surface area contributed by atoms with E-state index in [2.05, 4.69) is 40.7 Å². The molecule has 0 atom stereocenters. The maximum Gasteiger partial charge on any atom is 0.160 e. The van der Waals surface area contributed by atoms with Gasteiger partial charge in [-0.2, -0.15) is 0 Å². The number of ether oxygens (including phenoxy) is 1. The van der Waals surface area contributed by atoms with Crippen molar-refractivity contribution >= 4 is 5.78 Å². The van der Waals surface area contributed by atoms with Crippen LogP contribution >= 0.6 is 0 Å². The number of carbonyl (C=O) groups is 1. The van der Waals surface area contributed by atoms with Gasteiger partial charge in [-0.1, -0.05) is 33.3 Å². The van der Waals surface area contributed by atoms with Crippen molar-refractivity contribution in [1.82, 2.24) is 0 Å². The van der Waals surface area contributed by atoms with Gasteiger partial charge in [-0.05, 0) is 38.8 Å². The summed E-state index contributed by atoms with van der Waals surface area (Å²) in [5, 5.41) is 0. The van der Waals surface area contributed by atoms with E-state index in [9.17, 15) is 4.79 Å². The number of rotatable bonds is 3. The Morgan fingerprint density at radius 2 is 1.84 bits per heavy atom. The zero-order chi connectivity index (χ0) is 14.4. The molecular weight excluding hydrogens is 236 g/mol. The van der Waals surface area contributed by atoms with Crippen molar-refractivity contribution in [3.8, 4) is 5.75 Å². The molecule has 1 heterocycles. The van der Waals surface area contributed by atoms with E-state index in [0.29, 0.717) is 0 Å². The molecule has 0 spiro atoms. The first-order valence-corrected chi connectivity index (χ1v) is 7.08. The summed E-state index contributed by atoms with van der Waals surface area (Å²) in [6.07, 6.45) is 1.99. The fraction of sp³-hybridized carbons (Fsp3) is 0.588. The number of benzene rings is 1. The van der Waals surface area contributed by atoms with Crippen molar-refractivity contribution in [3.63, 3.8) is 0 Å². The van der Waals surface area contributed by atoms with Gasteiger partial charge in [-0.3, -0.25) is 4.79 Å². The van der Waals surface area contributed by atoms with Crippen LogP contribution in [-0.4, -0.2) is 11.4 Å². The second-order valence-electron chi connectivity index (χ2n) is 6.55. The molecule has 1 aliphatic rings. The fourth-order valence-electron chi connectivity index (χ4n) is 2.73. The Morgan fingerprint density at radius 3 is 2.37 bits per heavy atom. The van der Waals surface area contributed by atoms with Crippen molar-refractivity contribution in [2.24, 2.45) is 0 Å². The standard InChI is InChI=1S/C17H24O2/c1-7-8-12-9-14-15(10-13(12)11(2)18)19-17(5,6)16(14,3)4/h9-10H,7-8H2,1-6H3. The molecule has 0 unspecified atom stereocenters. The zero-order valence-electron chi connectivity index (χ0n) is 12.9. The Hall–Kier alpha value is -1.31. The van der Waals surface area contributed by atoms with E-state index >= 15 is 0 Å². The van der Waals surface area contributed by atoms with Gasteiger partial charge in [0.2, 0.25) is 0 Å². The highest BCUT2D eigenvalue weighted by Crippen LogP contribution is 2.49. The Bertz CT molecular complexity index is 524. The molecule has 0 fully saturated rings. The molecule has 19 heavy (non-hydrogen) atoms. The van der Waals surface area contributed by atoms with Gasteiger partial charge in [0.1, 0.15) is 11.4 Å². The Morgan fingerprint density at radius 1 is 1.21 bits per heavy atom. The predicted molar refractivity (Wildman–Crippen MR) is 78.2 cm³/mol. The molecule has 0 bridgehead atoms. The number of Topliss-reactive ketones (excluding diaryl/α,β-unsaturated/α-hetero) is 1. The van der Waals surface area contributed by atoms with Crippen molar-refractivity contribution in [3.05, 3.63) is 28.8 Å². The van der Waals surface area contributed by atoms with Crippen molar-refractivity contribution < 1.29 is 9.53 Å². The first-order chi connectivity index (χ1) is 8.70. The predicted octanol–water partition coefficient (Wildman–Crippen LogP) is 4.29. The first-order valence-electron chi connectivity index (χ1n) is 7.08. The molecule has 0 aromatic heterocycles. The van der Waals surface area contributed by atoms with E-state index in [1.54, 1.807) is 6.92 Å². The summed E-state index contributed by atoms with van der Waals surface area (Å²) in [5.41, 5.74) is 2.91. The summed E-state index contributed by atoms with van der Waals surface area (Å²) in [6.45, 7) is 12.4. The topological polar surface area (TPSA) is 26.3 Å². The van der Waals surface area contributed by atoms with Crippen molar-refractivity contribution in [1.29, 1.82) is 0 Å². The molecule has 0 radical (unpaired) electrons. The van der Waals surface area contributed by atoms with Crippen LogP contribution in [0.1, 0.15) is 69.4 Å². The summed E-state index contributed by atoms with van der Waals surface area (Å²) in [6, 6.07) is 4.13. The lowest BCUT2D eigenvalue weighted by Crippen LogP contribution is -2.42. The second-order valence-corrected chi connectivity index (χ2v) is 6.55. The van der Waals surface area contributed by atoms with Crippen LogP contribution in [0.4, 0.5) is 0 Å².